The van der Waals surface area contributed by atoms with Crippen molar-refractivity contribution in [3.05, 3.63) is 53.9 Å². The molecular formula is C15H16N2O2S. The Bertz CT molecular complexity index is 585. The number of thiocarbonyl (C=S) groups is 1. The van der Waals surface area contributed by atoms with Gasteiger partial charge in [0.25, 0.3) is 0 Å². The molecule has 0 unspecified atom stereocenters. The number of nitrogens with two attached hydrogens (primary N) is 1. The van der Waals surface area contributed by atoms with Crippen LogP contribution in [0.2, 0.25) is 0 Å². The third-order valence-electron chi connectivity index (χ3n) is 2.62. The lowest BCUT2D eigenvalue weighted by Crippen LogP contribution is -2.12. The Kier molecular flexibility index (Phi) is 4.90. The molecule has 0 aliphatic rings. The Labute approximate surface area is 123 Å². The molecule has 5 heteroatoms. The van der Waals surface area contributed by atoms with Crippen molar-refractivity contribution in [3.8, 4) is 11.5 Å². The Morgan fingerprint density at radius 1 is 1.15 bits per heavy atom. The summed E-state index contributed by atoms with van der Waals surface area (Å²) in [5.74, 6) is 1.61. The van der Waals surface area contributed by atoms with Crippen molar-refractivity contribution in [2.24, 2.45) is 5.73 Å². The second-order valence-electron chi connectivity index (χ2n) is 4.11. The first-order valence-corrected chi connectivity index (χ1v) is 6.70. The van der Waals surface area contributed by atoms with Crippen LogP contribution in [0.15, 0.2) is 42.6 Å². The molecule has 0 amide bonds. The zero-order valence-corrected chi connectivity index (χ0v) is 12.0. The molecule has 2 aromatic rings. The number of benzene rings is 1. The number of nitrogens with zero attached hydrogens (tertiary/aromatic N) is 1. The summed E-state index contributed by atoms with van der Waals surface area (Å²) < 4.78 is 11.1. The predicted molar refractivity (Wildman–Crippen MR) is 82.1 cm³/mol. The van der Waals surface area contributed by atoms with Crippen LogP contribution in [0.25, 0.3) is 0 Å². The van der Waals surface area contributed by atoms with Gasteiger partial charge >= 0.3 is 0 Å². The summed E-state index contributed by atoms with van der Waals surface area (Å²) in [4.78, 5) is 4.37. The molecule has 0 aliphatic heterocycles. The highest BCUT2D eigenvalue weighted by atomic mass is 32.1. The average Bonchev–Trinajstić information content (AvgIpc) is 2.47. The number of pyridine rings is 1. The van der Waals surface area contributed by atoms with Crippen LogP contribution < -0.4 is 15.2 Å². The molecule has 1 heterocycles. The Morgan fingerprint density at radius 2 is 1.80 bits per heavy atom. The number of hydrogen-bond acceptors (Lipinski definition) is 4. The van der Waals surface area contributed by atoms with Crippen molar-refractivity contribution < 1.29 is 9.47 Å². The molecule has 0 bridgehead atoms. The van der Waals surface area contributed by atoms with Crippen molar-refractivity contribution in [3.63, 3.8) is 0 Å². The molecule has 0 fully saturated rings. The molecule has 0 saturated heterocycles. The van der Waals surface area contributed by atoms with Gasteiger partial charge in [-0.3, -0.25) is 4.98 Å². The fourth-order valence-corrected chi connectivity index (χ4v) is 1.78. The maximum absolute atomic E-state index is 5.69. The zero-order valence-electron chi connectivity index (χ0n) is 11.2. The summed E-state index contributed by atoms with van der Waals surface area (Å²) in [6, 6.07) is 11.2. The predicted octanol–water partition coefficient (Wildman–Crippen LogP) is 2.69. The summed E-state index contributed by atoms with van der Waals surface area (Å²) in [5, 5.41) is 0. The molecule has 0 spiro atoms. The minimum absolute atomic E-state index is 0.285. The Balaban J connectivity index is 1.97. The minimum Gasteiger partial charge on any atom is -0.494 e. The fraction of sp³-hybridized carbons (Fsp3) is 0.200. The molecule has 20 heavy (non-hydrogen) atoms. The largest absolute Gasteiger partial charge is 0.494 e. The molecular weight excluding hydrogens is 272 g/mol. The molecule has 0 radical (unpaired) electrons. The fourth-order valence-electron chi connectivity index (χ4n) is 1.66. The second kappa shape index (κ2) is 6.86. The van der Waals surface area contributed by atoms with Gasteiger partial charge in [-0.15, -0.1) is 0 Å². The van der Waals surface area contributed by atoms with Gasteiger partial charge in [0, 0.05) is 6.20 Å². The highest BCUT2D eigenvalue weighted by molar-refractivity contribution is 7.80. The van der Waals surface area contributed by atoms with Gasteiger partial charge in [-0.1, -0.05) is 12.2 Å². The van der Waals surface area contributed by atoms with E-state index in [9.17, 15) is 0 Å². The van der Waals surface area contributed by atoms with Crippen LogP contribution in [0.5, 0.6) is 11.5 Å². The van der Waals surface area contributed by atoms with Gasteiger partial charge in [0.05, 0.1) is 12.3 Å². The van der Waals surface area contributed by atoms with Gasteiger partial charge in [-0.05, 0) is 48.9 Å². The number of aromatic nitrogens is 1. The monoisotopic (exact) mass is 288 g/mol. The van der Waals surface area contributed by atoms with E-state index in [1.807, 2.05) is 43.3 Å². The molecule has 0 atom stereocenters. The van der Waals surface area contributed by atoms with Crippen LogP contribution in [0, 0.1) is 0 Å². The van der Waals surface area contributed by atoms with Crippen molar-refractivity contribution in [1.29, 1.82) is 0 Å². The second-order valence-corrected chi connectivity index (χ2v) is 4.55. The number of rotatable bonds is 6. The van der Waals surface area contributed by atoms with Gasteiger partial charge < -0.3 is 15.2 Å². The first-order chi connectivity index (χ1) is 9.69. The van der Waals surface area contributed by atoms with E-state index in [2.05, 4.69) is 4.98 Å². The summed E-state index contributed by atoms with van der Waals surface area (Å²) in [5.41, 5.74) is 7.12. The first kappa shape index (κ1) is 14.3. The summed E-state index contributed by atoms with van der Waals surface area (Å²) in [6.45, 7) is 3.04. The molecule has 0 aliphatic carbocycles. The number of ether oxygens (including phenoxy) is 2. The van der Waals surface area contributed by atoms with Crippen LogP contribution >= 0.6 is 12.2 Å². The van der Waals surface area contributed by atoms with Crippen molar-refractivity contribution in [2.75, 3.05) is 6.61 Å². The van der Waals surface area contributed by atoms with Crippen LogP contribution in [0.3, 0.4) is 0 Å². The van der Waals surface area contributed by atoms with Gasteiger partial charge in [-0.2, -0.15) is 0 Å². The lowest BCUT2D eigenvalue weighted by molar-refractivity contribution is 0.304. The van der Waals surface area contributed by atoms with E-state index in [-0.39, 0.29) is 4.99 Å². The van der Waals surface area contributed by atoms with E-state index in [1.165, 1.54) is 0 Å². The van der Waals surface area contributed by atoms with E-state index < -0.39 is 0 Å². The van der Waals surface area contributed by atoms with E-state index in [4.69, 9.17) is 27.4 Å². The summed E-state index contributed by atoms with van der Waals surface area (Å²) in [7, 11) is 0. The molecule has 104 valence electrons. The molecule has 4 nitrogen and oxygen atoms in total. The van der Waals surface area contributed by atoms with Crippen molar-refractivity contribution in [2.45, 2.75) is 13.5 Å². The van der Waals surface area contributed by atoms with E-state index in [1.54, 1.807) is 6.20 Å². The van der Waals surface area contributed by atoms with Gasteiger partial charge in [0.15, 0.2) is 0 Å². The van der Waals surface area contributed by atoms with Gasteiger partial charge in [0.1, 0.15) is 23.1 Å². The van der Waals surface area contributed by atoms with Gasteiger partial charge in [0.2, 0.25) is 0 Å². The highest BCUT2D eigenvalue weighted by Crippen LogP contribution is 2.18. The van der Waals surface area contributed by atoms with E-state index >= 15 is 0 Å². The molecule has 2 rings (SSSR count). The van der Waals surface area contributed by atoms with Crippen LogP contribution in [0.1, 0.15) is 18.2 Å². The number of hydrogen-bond donors (Lipinski definition) is 1. The first-order valence-electron chi connectivity index (χ1n) is 6.29. The van der Waals surface area contributed by atoms with E-state index in [0.717, 1.165) is 17.1 Å². The minimum atomic E-state index is 0.285. The highest BCUT2D eigenvalue weighted by Gasteiger charge is 2.01. The van der Waals surface area contributed by atoms with Crippen LogP contribution in [-0.2, 0) is 6.61 Å². The summed E-state index contributed by atoms with van der Waals surface area (Å²) in [6.07, 6.45) is 1.67. The van der Waals surface area contributed by atoms with Crippen LogP contribution in [0.4, 0.5) is 0 Å². The molecule has 1 aromatic heterocycles. The maximum Gasteiger partial charge on any atom is 0.122 e. The quantitative estimate of drug-likeness (QED) is 0.828. The van der Waals surface area contributed by atoms with Crippen molar-refractivity contribution in [1.82, 2.24) is 4.98 Å². The maximum atomic E-state index is 5.69. The van der Waals surface area contributed by atoms with Crippen molar-refractivity contribution >= 4 is 17.2 Å². The lowest BCUT2D eigenvalue weighted by Gasteiger charge is -2.08. The Hall–Kier alpha value is -2.14. The third kappa shape index (κ3) is 3.93. The SMILES string of the molecule is CCOc1ccc(OCc2ccnc(C(N)=S)c2)cc1. The molecule has 0 saturated carbocycles. The summed E-state index contributed by atoms with van der Waals surface area (Å²) >= 11 is 4.90. The third-order valence-corrected chi connectivity index (χ3v) is 2.83. The zero-order chi connectivity index (χ0) is 14.4. The standard InChI is InChI=1S/C15H16N2O2S/c1-2-18-12-3-5-13(6-4-12)19-10-11-7-8-17-14(9-11)15(16)20/h3-9H,2,10H2,1H3,(H2,16,20). The normalized spacial score (nSPS) is 10.1. The van der Waals surface area contributed by atoms with E-state index in [0.29, 0.717) is 18.9 Å². The van der Waals surface area contributed by atoms with Gasteiger partial charge in [-0.25, -0.2) is 0 Å². The smallest absolute Gasteiger partial charge is 0.122 e. The topological polar surface area (TPSA) is 57.4 Å². The average molecular weight is 288 g/mol. The van der Waals surface area contributed by atoms with Crippen LogP contribution in [-0.4, -0.2) is 16.6 Å². The molecule has 1 aromatic carbocycles. The Morgan fingerprint density at radius 3 is 2.40 bits per heavy atom. The molecule has 2 N–H and O–H groups in total. The lowest BCUT2D eigenvalue weighted by atomic mass is 10.2.